The maximum absolute atomic E-state index is 6.58. The topological polar surface area (TPSA) is 69.9 Å². The van der Waals surface area contributed by atoms with Crippen LogP contribution in [0.15, 0.2) is 142 Å². The van der Waals surface area contributed by atoms with Crippen LogP contribution in [0.1, 0.15) is 0 Å². The van der Waals surface area contributed by atoms with Gasteiger partial charge in [-0.1, -0.05) is 97.1 Å². The molecule has 45 heavy (non-hydrogen) atoms. The van der Waals surface area contributed by atoms with Crippen LogP contribution in [0.5, 0.6) is 0 Å². The molecule has 0 aliphatic rings. The summed E-state index contributed by atoms with van der Waals surface area (Å²) in [7, 11) is 0. The first-order valence-corrected chi connectivity index (χ1v) is 14.9. The minimum absolute atomic E-state index is 0.556. The van der Waals surface area contributed by atoms with Gasteiger partial charge in [-0.15, -0.1) is 0 Å². The molecule has 0 aliphatic heterocycles. The van der Waals surface area contributed by atoms with E-state index in [2.05, 4.69) is 53.1 Å². The highest BCUT2D eigenvalue weighted by molar-refractivity contribution is 6.22. The summed E-state index contributed by atoms with van der Waals surface area (Å²) < 4.78 is 15.0. The van der Waals surface area contributed by atoms with Crippen molar-refractivity contribution in [3.63, 3.8) is 0 Å². The Kier molecular flexibility index (Phi) is 4.90. The molecule has 0 unspecified atom stereocenters. The van der Waals surface area contributed by atoms with Crippen molar-refractivity contribution >= 4 is 65.7 Å². The van der Waals surface area contributed by atoms with E-state index in [0.717, 1.165) is 76.8 Å². The predicted octanol–water partition coefficient (Wildman–Crippen LogP) is 10.1. The largest absolute Gasteiger partial charge is 0.452 e. The lowest BCUT2D eigenvalue weighted by atomic mass is 10.1. The smallest absolute Gasteiger partial charge is 0.238 e. The lowest BCUT2D eigenvalue weighted by Crippen LogP contribution is -2.06. The fraction of sp³-hybridized carbons (Fsp3) is 0. The Balaban J connectivity index is 1.29. The SMILES string of the molecule is c1ccc(-c2nc(-c3ccccc3)nc(-n3c4ccccc4c4cc5oc6c(ccc7c8ccccc8oc76)c5cc43)n2)cc1. The van der Waals surface area contributed by atoms with Gasteiger partial charge in [-0.2, -0.15) is 9.97 Å². The monoisotopic (exact) mass is 578 g/mol. The van der Waals surface area contributed by atoms with Gasteiger partial charge in [0.25, 0.3) is 0 Å². The second-order valence-corrected chi connectivity index (χ2v) is 11.3. The fourth-order valence-corrected chi connectivity index (χ4v) is 6.59. The van der Waals surface area contributed by atoms with Gasteiger partial charge in [-0.05, 0) is 36.4 Å². The molecule has 10 rings (SSSR count). The van der Waals surface area contributed by atoms with Gasteiger partial charge in [0, 0.05) is 43.4 Å². The van der Waals surface area contributed by atoms with Gasteiger partial charge in [-0.3, -0.25) is 4.57 Å². The zero-order valence-corrected chi connectivity index (χ0v) is 23.8. The summed E-state index contributed by atoms with van der Waals surface area (Å²) in [6.07, 6.45) is 0. The van der Waals surface area contributed by atoms with Crippen molar-refractivity contribution < 1.29 is 8.83 Å². The average molecular weight is 579 g/mol. The molecule has 210 valence electrons. The van der Waals surface area contributed by atoms with Gasteiger partial charge >= 0.3 is 0 Å². The van der Waals surface area contributed by atoms with Gasteiger partial charge in [0.05, 0.1) is 11.0 Å². The van der Waals surface area contributed by atoms with Crippen LogP contribution < -0.4 is 0 Å². The number of aromatic nitrogens is 4. The van der Waals surface area contributed by atoms with Gasteiger partial charge in [0.2, 0.25) is 5.95 Å². The zero-order chi connectivity index (χ0) is 29.5. The maximum Gasteiger partial charge on any atom is 0.238 e. The fourth-order valence-electron chi connectivity index (χ4n) is 6.59. The van der Waals surface area contributed by atoms with Crippen molar-refractivity contribution in [1.29, 1.82) is 0 Å². The Morgan fingerprint density at radius 3 is 1.69 bits per heavy atom. The van der Waals surface area contributed by atoms with E-state index in [0.29, 0.717) is 17.6 Å². The van der Waals surface area contributed by atoms with E-state index < -0.39 is 0 Å². The van der Waals surface area contributed by atoms with Crippen molar-refractivity contribution in [3.8, 4) is 28.7 Å². The number of nitrogens with zero attached hydrogens (tertiary/aromatic N) is 4. The second kappa shape index (κ2) is 9.11. The molecule has 0 aliphatic carbocycles. The third kappa shape index (κ3) is 3.53. The summed E-state index contributed by atoms with van der Waals surface area (Å²) in [6.45, 7) is 0. The van der Waals surface area contributed by atoms with E-state index in [9.17, 15) is 0 Å². The predicted molar refractivity (Wildman–Crippen MR) is 180 cm³/mol. The summed E-state index contributed by atoms with van der Waals surface area (Å²) in [4.78, 5) is 15.1. The van der Waals surface area contributed by atoms with Crippen LogP contribution >= 0.6 is 0 Å². The Morgan fingerprint density at radius 2 is 0.978 bits per heavy atom. The Morgan fingerprint density at radius 1 is 0.400 bits per heavy atom. The number of benzene rings is 6. The minimum Gasteiger partial charge on any atom is -0.452 e. The Bertz CT molecular complexity index is 2700. The van der Waals surface area contributed by atoms with Crippen molar-refractivity contribution in [2.45, 2.75) is 0 Å². The van der Waals surface area contributed by atoms with Crippen LogP contribution in [-0.2, 0) is 0 Å². The van der Waals surface area contributed by atoms with E-state index in [1.807, 2.05) is 84.9 Å². The number of para-hydroxylation sites is 2. The average Bonchev–Trinajstić information content (AvgIpc) is 3.77. The van der Waals surface area contributed by atoms with Gasteiger partial charge in [0.1, 0.15) is 11.2 Å². The summed E-state index contributed by atoms with van der Waals surface area (Å²) in [5.74, 6) is 1.79. The van der Waals surface area contributed by atoms with Gasteiger partial charge < -0.3 is 8.83 Å². The molecule has 0 atom stereocenters. The summed E-state index contributed by atoms with van der Waals surface area (Å²) in [6, 6.07) is 45.2. The molecule has 0 amide bonds. The molecule has 10 aromatic rings. The van der Waals surface area contributed by atoms with Crippen molar-refractivity contribution in [2.75, 3.05) is 0 Å². The highest BCUT2D eigenvalue weighted by Crippen LogP contribution is 2.42. The van der Waals surface area contributed by atoms with Gasteiger partial charge in [-0.25, -0.2) is 4.98 Å². The number of furan rings is 2. The van der Waals surface area contributed by atoms with Gasteiger partial charge in [0.15, 0.2) is 22.8 Å². The molecule has 6 nitrogen and oxygen atoms in total. The first kappa shape index (κ1) is 24.2. The van der Waals surface area contributed by atoms with E-state index in [-0.39, 0.29) is 0 Å². The first-order chi connectivity index (χ1) is 22.3. The number of rotatable bonds is 3. The second-order valence-electron chi connectivity index (χ2n) is 11.3. The number of hydrogen-bond acceptors (Lipinski definition) is 5. The molecule has 0 bridgehead atoms. The molecule has 0 saturated heterocycles. The molecular formula is C39H22N4O2. The van der Waals surface area contributed by atoms with Crippen LogP contribution in [0, 0.1) is 0 Å². The Labute approximate surface area is 255 Å². The van der Waals surface area contributed by atoms with Crippen LogP contribution in [0.4, 0.5) is 0 Å². The maximum atomic E-state index is 6.58. The molecule has 0 saturated carbocycles. The van der Waals surface area contributed by atoms with Crippen molar-refractivity contribution in [2.24, 2.45) is 0 Å². The zero-order valence-electron chi connectivity index (χ0n) is 23.8. The molecule has 4 aromatic heterocycles. The molecule has 6 aromatic carbocycles. The Hall–Kier alpha value is -6.27. The summed E-state index contributed by atoms with van der Waals surface area (Å²) >= 11 is 0. The number of fused-ring (bicyclic) bond motifs is 10. The van der Waals surface area contributed by atoms with Crippen LogP contribution in [0.2, 0.25) is 0 Å². The summed E-state index contributed by atoms with van der Waals surface area (Å²) in [5, 5.41) is 6.28. The highest BCUT2D eigenvalue weighted by atomic mass is 16.4. The number of hydrogen-bond donors (Lipinski definition) is 0. The molecule has 4 heterocycles. The lowest BCUT2D eigenvalue weighted by molar-refractivity contribution is 0.633. The van der Waals surface area contributed by atoms with E-state index >= 15 is 0 Å². The van der Waals surface area contributed by atoms with Crippen molar-refractivity contribution in [3.05, 3.63) is 133 Å². The van der Waals surface area contributed by atoms with E-state index in [1.165, 1.54) is 0 Å². The van der Waals surface area contributed by atoms with E-state index in [4.69, 9.17) is 23.8 Å². The summed E-state index contributed by atoms with van der Waals surface area (Å²) in [5.41, 5.74) is 7.02. The molecule has 6 heteroatoms. The van der Waals surface area contributed by atoms with Crippen molar-refractivity contribution in [1.82, 2.24) is 19.5 Å². The molecular weight excluding hydrogens is 556 g/mol. The third-order valence-electron chi connectivity index (χ3n) is 8.67. The van der Waals surface area contributed by atoms with Crippen LogP contribution in [-0.4, -0.2) is 19.5 Å². The van der Waals surface area contributed by atoms with Crippen LogP contribution in [0.25, 0.3) is 94.4 Å². The first-order valence-electron chi connectivity index (χ1n) is 14.9. The molecule has 0 spiro atoms. The molecule has 0 radical (unpaired) electrons. The van der Waals surface area contributed by atoms with E-state index in [1.54, 1.807) is 0 Å². The molecule has 0 fully saturated rings. The normalized spacial score (nSPS) is 12.0. The highest BCUT2D eigenvalue weighted by Gasteiger charge is 2.21. The third-order valence-corrected chi connectivity index (χ3v) is 8.67. The minimum atomic E-state index is 0.556. The standard InChI is InChI=1S/C39H22N4O2/c1-3-11-23(12-4-1)37-40-38(24-13-5-2-6-14-24)42-39(41-37)43-31-17-9-7-15-25(31)29-22-34-30(21-32(29)43)28-20-19-27-26-16-8-10-18-33(26)44-35(27)36(28)45-34/h1-22H. The lowest BCUT2D eigenvalue weighted by Gasteiger charge is -2.10. The molecule has 0 N–H and O–H groups in total. The van der Waals surface area contributed by atoms with Crippen LogP contribution in [0.3, 0.4) is 0 Å². The quantitative estimate of drug-likeness (QED) is 0.209.